The van der Waals surface area contributed by atoms with E-state index >= 15 is 0 Å². The summed E-state index contributed by atoms with van der Waals surface area (Å²) < 4.78 is 11.2. The third-order valence-electron chi connectivity index (χ3n) is 5.07. The molecular weight excluding hydrogens is 502 g/mol. The van der Waals surface area contributed by atoms with E-state index in [1.54, 1.807) is 18.4 Å². The number of nitrogens with zero attached hydrogens (tertiary/aromatic N) is 4. The Labute approximate surface area is 212 Å². The minimum absolute atomic E-state index is 0.0462. The van der Waals surface area contributed by atoms with Crippen LogP contribution in [0.5, 0.6) is 0 Å². The van der Waals surface area contributed by atoms with Crippen molar-refractivity contribution in [3.63, 3.8) is 0 Å². The first-order valence-electron chi connectivity index (χ1n) is 10.5. The topological polar surface area (TPSA) is 103 Å². The number of benzene rings is 1. The molecule has 0 aliphatic heterocycles. The summed E-state index contributed by atoms with van der Waals surface area (Å²) in [5, 5.41) is 6.25. The highest BCUT2D eigenvalue weighted by molar-refractivity contribution is 7.99. The van der Waals surface area contributed by atoms with E-state index in [1.807, 2.05) is 42.6 Å². The fraction of sp³-hybridized carbons (Fsp3) is 0.125. The molecule has 0 aliphatic carbocycles. The molecule has 1 amide bonds. The molecule has 1 N–H and O–H groups in total. The van der Waals surface area contributed by atoms with Crippen LogP contribution < -0.4 is 10.9 Å². The molecule has 176 valence electrons. The zero-order chi connectivity index (χ0) is 24.4. The maximum atomic E-state index is 13.3. The van der Waals surface area contributed by atoms with Crippen molar-refractivity contribution in [1.82, 2.24) is 18.9 Å². The summed E-state index contributed by atoms with van der Waals surface area (Å²) in [7, 11) is 0. The SMILES string of the molecule is C=CCn1c(SCC(=O)Nc2nsc(-c3ccc(C)cc3)n2)nc2scc(-c3ccco3)c2c1=O. The van der Waals surface area contributed by atoms with Crippen molar-refractivity contribution in [2.45, 2.75) is 18.6 Å². The van der Waals surface area contributed by atoms with Crippen molar-refractivity contribution in [1.29, 1.82) is 0 Å². The Kier molecular flexibility index (Phi) is 6.62. The van der Waals surface area contributed by atoms with E-state index in [-0.39, 0.29) is 29.7 Å². The summed E-state index contributed by atoms with van der Waals surface area (Å²) in [4.78, 5) is 35.6. The van der Waals surface area contributed by atoms with E-state index in [0.717, 1.165) is 16.1 Å². The molecule has 0 unspecified atom stereocenters. The summed E-state index contributed by atoms with van der Waals surface area (Å²) in [6, 6.07) is 11.5. The molecule has 4 heterocycles. The Morgan fingerprint density at radius 3 is 2.83 bits per heavy atom. The van der Waals surface area contributed by atoms with Crippen molar-refractivity contribution < 1.29 is 9.21 Å². The molecule has 35 heavy (non-hydrogen) atoms. The number of hydrogen-bond donors (Lipinski definition) is 1. The average Bonchev–Trinajstić information content (AvgIpc) is 3.61. The van der Waals surface area contributed by atoms with E-state index in [0.29, 0.717) is 26.7 Å². The first kappa shape index (κ1) is 23.2. The minimum Gasteiger partial charge on any atom is -0.464 e. The number of amides is 1. The molecule has 11 heteroatoms. The van der Waals surface area contributed by atoms with Gasteiger partial charge in [0, 0.05) is 23.1 Å². The monoisotopic (exact) mass is 521 g/mol. The number of carbonyl (C=O) groups is 1. The molecule has 4 aromatic heterocycles. The second-order valence-corrected chi connectivity index (χ2v) is 10.1. The third kappa shape index (κ3) is 4.83. The molecule has 5 rings (SSSR count). The van der Waals surface area contributed by atoms with Crippen molar-refractivity contribution in [3.8, 4) is 21.9 Å². The van der Waals surface area contributed by atoms with Crippen LogP contribution in [0.25, 0.3) is 32.1 Å². The van der Waals surface area contributed by atoms with Gasteiger partial charge in [-0.1, -0.05) is 47.7 Å². The van der Waals surface area contributed by atoms with Crippen LogP contribution in [0.3, 0.4) is 0 Å². The average molecular weight is 522 g/mol. The molecule has 8 nitrogen and oxygen atoms in total. The normalized spacial score (nSPS) is 11.1. The minimum atomic E-state index is -0.287. The molecule has 0 bridgehead atoms. The van der Waals surface area contributed by atoms with Crippen LogP contribution in [0, 0.1) is 6.92 Å². The standard InChI is InChI=1S/C24H19N5O3S3/c1-3-10-29-22(31)19-16(17-5-4-11-32-17)12-33-21(19)27-24(29)34-13-18(30)25-23-26-20(35-28-23)15-8-6-14(2)7-9-15/h3-9,11-12H,1,10,13H2,2H3,(H,25,28,30). The summed E-state index contributed by atoms with van der Waals surface area (Å²) in [5.74, 6) is 0.625. The van der Waals surface area contributed by atoms with Crippen LogP contribution in [0.2, 0.25) is 0 Å². The maximum Gasteiger partial charge on any atom is 0.263 e. The Hall–Kier alpha value is -3.54. The fourth-order valence-corrected chi connectivity index (χ4v) is 5.80. The molecular formula is C24H19N5O3S3. The zero-order valence-corrected chi connectivity index (χ0v) is 21.0. The van der Waals surface area contributed by atoms with Gasteiger partial charge in [0.05, 0.1) is 17.4 Å². The largest absolute Gasteiger partial charge is 0.464 e. The lowest BCUT2D eigenvalue weighted by atomic mass is 10.2. The van der Waals surface area contributed by atoms with Crippen LogP contribution in [-0.2, 0) is 11.3 Å². The number of rotatable bonds is 8. The van der Waals surface area contributed by atoms with Gasteiger partial charge >= 0.3 is 0 Å². The van der Waals surface area contributed by atoms with E-state index in [9.17, 15) is 9.59 Å². The van der Waals surface area contributed by atoms with E-state index in [2.05, 4.69) is 26.2 Å². The predicted octanol–water partition coefficient (Wildman–Crippen LogP) is 5.46. The summed E-state index contributed by atoms with van der Waals surface area (Å²) in [6.45, 7) is 6.04. The highest BCUT2D eigenvalue weighted by Gasteiger charge is 2.19. The van der Waals surface area contributed by atoms with E-state index in [4.69, 9.17) is 4.42 Å². The number of hydrogen-bond acceptors (Lipinski definition) is 9. The van der Waals surface area contributed by atoms with E-state index < -0.39 is 0 Å². The van der Waals surface area contributed by atoms with Crippen molar-refractivity contribution >= 4 is 56.7 Å². The second-order valence-electron chi connectivity index (χ2n) is 7.53. The smallest absolute Gasteiger partial charge is 0.263 e. The number of aryl methyl sites for hydroxylation is 1. The number of carbonyl (C=O) groups excluding carboxylic acids is 1. The van der Waals surface area contributed by atoms with Gasteiger partial charge < -0.3 is 4.42 Å². The molecule has 0 saturated heterocycles. The molecule has 1 aromatic carbocycles. The van der Waals surface area contributed by atoms with Gasteiger partial charge in [0.15, 0.2) is 5.16 Å². The summed E-state index contributed by atoms with van der Waals surface area (Å²) >= 11 is 3.76. The molecule has 0 atom stereocenters. The number of nitrogens with one attached hydrogen (secondary N) is 1. The molecule has 0 aliphatic rings. The highest BCUT2D eigenvalue weighted by atomic mass is 32.2. The van der Waals surface area contributed by atoms with Gasteiger partial charge in [-0.15, -0.1) is 17.9 Å². The number of furan rings is 1. The Morgan fingerprint density at radius 2 is 2.09 bits per heavy atom. The van der Waals surface area contributed by atoms with Crippen LogP contribution in [0.15, 0.2) is 75.1 Å². The first-order valence-corrected chi connectivity index (χ1v) is 13.2. The maximum absolute atomic E-state index is 13.3. The first-order chi connectivity index (χ1) is 17.0. The Bertz CT molecular complexity index is 1570. The predicted molar refractivity (Wildman–Crippen MR) is 141 cm³/mol. The van der Waals surface area contributed by atoms with Gasteiger partial charge in [0.25, 0.3) is 5.56 Å². The fourth-order valence-electron chi connectivity index (χ4n) is 3.40. The van der Waals surface area contributed by atoms with Crippen molar-refractivity contribution in [2.75, 3.05) is 11.1 Å². The molecule has 0 saturated carbocycles. The lowest BCUT2D eigenvalue weighted by Gasteiger charge is -2.10. The Balaban J connectivity index is 1.34. The number of aromatic nitrogens is 4. The van der Waals surface area contributed by atoms with Crippen LogP contribution in [-0.4, -0.2) is 30.6 Å². The van der Waals surface area contributed by atoms with Crippen LogP contribution in [0.1, 0.15) is 5.56 Å². The number of thioether (sulfide) groups is 1. The number of fused-ring (bicyclic) bond motifs is 1. The molecule has 0 fully saturated rings. The lowest BCUT2D eigenvalue weighted by molar-refractivity contribution is -0.113. The Morgan fingerprint density at radius 1 is 1.26 bits per heavy atom. The number of allylic oxidation sites excluding steroid dienone is 1. The summed E-state index contributed by atoms with van der Waals surface area (Å²) in [5.41, 5.74) is 2.61. The van der Waals surface area contributed by atoms with Gasteiger partial charge in [0.2, 0.25) is 11.9 Å². The van der Waals surface area contributed by atoms with Gasteiger partial charge in [-0.05, 0) is 30.6 Å². The third-order valence-corrected chi connectivity index (χ3v) is 7.68. The zero-order valence-electron chi connectivity index (χ0n) is 18.6. The van der Waals surface area contributed by atoms with Crippen molar-refractivity contribution in [3.05, 3.63) is 76.6 Å². The highest BCUT2D eigenvalue weighted by Crippen LogP contribution is 2.32. The van der Waals surface area contributed by atoms with Crippen molar-refractivity contribution in [2.24, 2.45) is 0 Å². The molecule has 0 radical (unpaired) electrons. The van der Waals surface area contributed by atoms with Crippen LogP contribution in [0.4, 0.5) is 5.95 Å². The van der Waals surface area contributed by atoms with Gasteiger partial charge in [-0.2, -0.15) is 9.36 Å². The molecule has 0 spiro atoms. The number of thiophene rings is 1. The van der Waals surface area contributed by atoms with Gasteiger partial charge in [0.1, 0.15) is 15.6 Å². The number of anilines is 1. The van der Waals surface area contributed by atoms with Gasteiger partial charge in [-0.25, -0.2) is 4.98 Å². The van der Waals surface area contributed by atoms with Gasteiger partial charge in [-0.3, -0.25) is 19.5 Å². The lowest BCUT2D eigenvalue weighted by Crippen LogP contribution is -2.23. The second kappa shape index (κ2) is 9.98. The van der Waals surface area contributed by atoms with E-state index in [1.165, 1.54) is 39.2 Å². The summed E-state index contributed by atoms with van der Waals surface area (Å²) in [6.07, 6.45) is 3.20. The molecule has 5 aromatic rings. The quantitative estimate of drug-likeness (QED) is 0.164. The van der Waals surface area contributed by atoms with Crippen LogP contribution >= 0.6 is 34.6 Å².